The zero-order valence-corrected chi connectivity index (χ0v) is 21.1. The van der Waals surface area contributed by atoms with E-state index in [4.69, 9.17) is 4.74 Å². The largest absolute Gasteiger partial charge is 0.494 e. The molecule has 0 unspecified atom stereocenters. The second-order valence-corrected chi connectivity index (χ2v) is 9.83. The van der Waals surface area contributed by atoms with Crippen LogP contribution in [-0.4, -0.2) is 35.0 Å². The molecule has 2 N–H and O–H groups in total. The Kier molecular flexibility index (Phi) is 6.74. The van der Waals surface area contributed by atoms with Crippen LogP contribution in [0.2, 0.25) is 0 Å². The molecule has 0 fully saturated rings. The number of nitrogens with one attached hydrogen (secondary N) is 2. The molecule has 2 aromatic heterocycles. The van der Waals surface area contributed by atoms with Gasteiger partial charge < -0.3 is 10.1 Å². The molecule has 182 valence electrons. The van der Waals surface area contributed by atoms with Crippen LogP contribution in [0.25, 0.3) is 5.82 Å². The lowest BCUT2D eigenvalue weighted by Gasteiger charge is -2.12. The van der Waals surface area contributed by atoms with E-state index in [9.17, 15) is 8.42 Å². The molecule has 0 amide bonds. The van der Waals surface area contributed by atoms with Crippen molar-refractivity contribution < 1.29 is 13.2 Å². The number of ether oxygens (including phenoxy) is 1. The van der Waals surface area contributed by atoms with Gasteiger partial charge in [0.15, 0.2) is 11.6 Å². The molecular weight excluding hydrogens is 464 g/mol. The Morgan fingerprint density at radius 2 is 1.63 bits per heavy atom. The molecule has 0 radical (unpaired) electrons. The summed E-state index contributed by atoms with van der Waals surface area (Å²) in [6, 6.07) is 15.4. The molecule has 4 aromatic rings. The molecule has 0 spiro atoms. The molecule has 2 aromatic carbocycles. The third-order valence-corrected chi connectivity index (χ3v) is 7.07. The molecule has 35 heavy (non-hydrogen) atoms. The predicted molar refractivity (Wildman–Crippen MR) is 136 cm³/mol. The summed E-state index contributed by atoms with van der Waals surface area (Å²) in [4.78, 5) is 0.175. The number of rotatable bonds is 8. The molecule has 0 bridgehead atoms. The maximum absolute atomic E-state index is 12.8. The SMILES string of the molecule is CCOc1ccc(S(=O)(=O)Nc2ccc(Nc3ccc(-n4nc(C)c(C)c4C)nn3)cc2)cc1C. The summed E-state index contributed by atoms with van der Waals surface area (Å²) in [5.74, 6) is 1.87. The fraction of sp³-hybridized carbons (Fsp3) is 0.240. The third-order valence-electron chi connectivity index (χ3n) is 5.69. The Morgan fingerprint density at radius 1 is 0.914 bits per heavy atom. The van der Waals surface area contributed by atoms with Gasteiger partial charge in [-0.2, -0.15) is 5.10 Å². The van der Waals surface area contributed by atoms with Gasteiger partial charge in [-0.15, -0.1) is 10.2 Å². The van der Waals surface area contributed by atoms with Crippen molar-refractivity contribution in [1.82, 2.24) is 20.0 Å². The van der Waals surface area contributed by atoms with Crippen LogP contribution in [0, 0.1) is 27.7 Å². The lowest BCUT2D eigenvalue weighted by Crippen LogP contribution is -2.13. The van der Waals surface area contributed by atoms with Crippen LogP contribution in [0.15, 0.2) is 59.5 Å². The van der Waals surface area contributed by atoms with E-state index in [1.807, 2.05) is 46.8 Å². The fourth-order valence-electron chi connectivity index (χ4n) is 3.54. The van der Waals surface area contributed by atoms with Crippen molar-refractivity contribution in [3.05, 3.63) is 77.1 Å². The highest BCUT2D eigenvalue weighted by Crippen LogP contribution is 2.25. The van der Waals surface area contributed by atoms with E-state index >= 15 is 0 Å². The van der Waals surface area contributed by atoms with Crippen molar-refractivity contribution in [3.8, 4) is 11.6 Å². The summed E-state index contributed by atoms with van der Waals surface area (Å²) >= 11 is 0. The molecule has 2 heterocycles. The quantitative estimate of drug-likeness (QED) is 0.362. The third kappa shape index (κ3) is 5.27. The zero-order chi connectivity index (χ0) is 25.2. The summed E-state index contributed by atoms with van der Waals surface area (Å²) in [5, 5.41) is 16.2. The van der Waals surface area contributed by atoms with Gasteiger partial charge in [0.2, 0.25) is 0 Å². The Balaban J connectivity index is 1.43. The number of sulfonamides is 1. The Morgan fingerprint density at radius 3 is 2.20 bits per heavy atom. The van der Waals surface area contributed by atoms with Crippen molar-refractivity contribution in [2.75, 3.05) is 16.6 Å². The van der Waals surface area contributed by atoms with Gasteiger partial charge in [0, 0.05) is 17.1 Å². The Bertz CT molecular complexity index is 1450. The highest BCUT2D eigenvalue weighted by atomic mass is 32.2. The Labute approximate surface area is 205 Å². The van der Waals surface area contributed by atoms with Gasteiger partial charge in [-0.05, 0) is 100 Å². The topological polar surface area (TPSA) is 111 Å². The van der Waals surface area contributed by atoms with E-state index in [1.54, 1.807) is 41.1 Å². The lowest BCUT2D eigenvalue weighted by molar-refractivity contribution is 0.337. The standard InChI is InChI=1S/C25H28N6O3S/c1-6-34-23-12-11-22(15-16(23)2)35(32,33)30-21-9-7-20(8-10-21)26-24-13-14-25(28-27-24)31-19(5)17(3)18(4)29-31/h7-15,30H,6H2,1-5H3,(H,26,27). The van der Waals surface area contributed by atoms with E-state index in [0.717, 1.165) is 28.2 Å². The smallest absolute Gasteiger partial charge is 0.261 e. The first-order chi connectivity index (χ1) is 16.7. The van der Waals surface area contributed by atoms with Gasteiger partial charge in [-0.1, -0.05) is 0 Å². The van der Waals surface area contributed by atoms with Crippen molar-refractivity contribution in [2.24, 2.45) is 0 Å². The maximum Gasteiger partial charge on any atom is 0.261 e. The van der Waals surface area contributed by atoms with Crippen molar-refractivity contribution in [1.29, 1.82) is 0 Å². The molecule has 4 rings (SSSR count). The minimum Gasteiger partial charge on any atom is -0.494 e. The first-order valence-corrected chi connectivity index (χ1v) is 12.7. The number of anilines is 3. The van der Waals surface area contributed by atoms with Gasteiger partial charge >= 0.3 is 0 Å². The number of benzene rings is 2. The minimum atomic E-state index is -3.73. The van der Waals surface area contributed by atoms with Gasteiger partial charge in [-0.3, -0.25) is 4.72 Å². The maximum atomic E-state index is 12.8. The molecule has 0 saturated carbocycles. The van der Waals surface area contributed by atoms with E-state index in [1.165, 1.54) is 6.07 Å². The summed E-state index contributed by atoms with van der Waals surface area (Å²) in [6.07, 6.45) is 0. The van der Waals surface area contributed by atoms with Crippen LogP contribution in [0.4, 0.5) is 17.2 Å². The zero-order valence-electron chi connectivity index (χ0n) is 20.3. The molecular formula is C25H28N6O3S. The molecule has 0 aliphatic heterocycles. The van der Waals surface area contributed by atoms with Gasteiger partial charge in [0.25, 0.3) is 10.0 Å². The number of hydrogen-bond acceptors (Lipinski definition) is 7. The highest BCUT2D eigenvalue weighted by molar-refractivity contribution is 7.92. The van der Waals surface area contributed by atoms with E-state index in [0.29, 0.717) is 29.7 Å². The molecule has 0 aliphatic carbocycles. The predicted octanol–water partition coefficient (Wildman–Crippen LogP) is 4.84. The monoisotopic (exact) mass is 492 g/mol. The van der Waals surface area contributed by atoms with Crippen LogP contribution in [0.3, 0.4) is 0 Å². The van der Waals surface area contributed by atoms with Gasteiger partial charge in [0.05, 0.1) is 17.2 Å². The summed E-state index contributed by atoms with van der Waals surface area (Å²) in [6.45, 7) is 10.2. The highest BCUT2D eigenvalue weighted by Gasteiger charge is 2.16. The number of aryl methyl sites for hydroxylation is 2. The average molecular weight is 493 g/mol. The molecule has 0 aliphatic rings. The lowest BCUT2D eigenvalue weighted by atomic mass is 10.2. The molecule has 0 atom stereocenters. The van der Waals surface area contributed by atoms with E-state index < -0.39 is 10.0 Å². The van der Waals surface area contributed by atoms with Crippen LogP contribution < -0.4 is 14.8 Å². The van der Waals surface area contributed by atoms with Crippen molar-refractivity contribution in [3.63, 3.8) is 0 Å². The van der Waals surface area contributed by atoms with Crippen LogP contribution in [0.1, 0.15) is 29.4 Å². The average Bonchev–Trinajstić information content (AvgIpc) is 3.09. The molecule has 0 saturated heterocycles. The first-order valence-electron chi connectivity index (χ1n) is 11.2. The summed E-state index contributed by atoms with van der Waals surface area (Å²) < 4.78 is 35.5. The summed E-state index contributed by atoms with van der Waals surface area (Å²) in [5.41, 5.74) is 5.06. The Hall–Kier alpha value is -3.92. The normalized spacial score (nSPS) is 11.3. The molecule has 9 nitrogen and oxygen atoms in total. The van der Waals surface area contributed by atoms with E-state index in [2.05, 4.69) is 25.3 Å². The number of aromatic nitrogens is 4. The van der Waals surface area contributed by atoms with Gasteiger partial charge in [0.1, 0.15) is 5.75 Å². The second-order valence-electron chi connectivity index (χ2n) is 8.15. The minimum absolute atomic E-state index is 0.175. The number of hydrogen-bond donors (Lipinski definition) is 2. The van der Waals surface area contributed by atoms with Crippen LogP contribution >= 0.6 is 0 Å². The van der Waals surface area contributed by atoms with Crippen molar-refractivity contribution in [2.45, 2.75) is 39.5 Å². The van der Waals surface area contributed by atoms with Gasteiger partial charge in [-0.25, -0.2) is 13.1 Å². The molecule has 10 heteroatoms. The van der Waals surface area contributed by atoms with E-state index in [-0.39, 0.29) is 4.90 Å². The first kappa shape index (κ1) is 24.2. The fourth-order valence-corrected chi connectivity index (χ4v) is 4.68. The van der Waals surface area contributed by atoms with Crippen molar-refractivity contribution >= 4 is 27.2 Å². The summed E-state index contributed by atoms with van der Waals surface area (Å²) in [7, 11) is -3.73. The number of nitrogens with zero attached hydrogens (tertiary/aromatic N) is 4. The second kappa shape index (κ2) is 9.75. The van der Waals surface area contributed by atoms with Crippen LogP contribution in [0.5, 0.6) is 5.75 Å². The van der Waals surface area contributed by atoms with Crippen LogP contribution in [-0.2, 0) is 10.0 Å².